The van der Waals surface area contributed by atoms with Crippen LogP contribution in [0.3, 0.4) is 0 Å². The second kappa shape index (κ2) is 6.30. The van der Waals surface area contributed by atoms with Crippen molar-refractivity contribution in [3.8, 4) is 5.75 Å². The molecule has 1 aliphatic carbocycles. The van der Waals surface area contributed by atoms with Gasteiger partial charge < -0.3 is 14.2 Å². The van der Waals surface area contributed by atoms with Crippen LogP contribution in [0, 0.1) is 6.92 Å². The van der Waals surface area contributed by atoms with E-state index >= 15 is 0 Å². The van der Waals surface area contributed by atoms with Crippen molar-refractivity contribution in [3.05, 3.63) is 46.8 Å². The molecule has 0 atom stereocenters. The molecule has 1 saturated carbocycles. The SMILES string of the molecule is Cc1cc(C(=O)N(Cc2ccc3c(c2)CCO3)C2CCCC2)no1. The predicted octanol–water partition coefficient (Wildman–Crippen LogP) is 3.50. The molecule has 1 fully saturated rings. The van der Waals surface area contributed by atoms with Crippen molar-refractivity contribution in [1.29, 1.82) is 0 Å². The van der Waals surface area contributed by atoms with Gasteiger partial charge in [0.25, 0.3) is 5.91 Å². The summed E-state index contributed by atoms with van der Waals surface area (Å²) < 4.78 is 10.7. The smallest absolute Gasteiger partial charge is 0.276 e. The van der Waals surface area contributed by atoms with Crippen molar-refractivity contribution in [2.45, 2.75) is 51.6 Å². The second-order valence-corrected chi connectivity index (χ2v) is 6.73. The zero-order valence-electron chi connectivity index (χ0n) is 14.0. The molecule has 0 bridgehead atoms. The maximum atomic E-state index is 13.0. The summed E-state index contributed by atoms with van der Waals surface area (Å²) in [5, 5.41) is 3.92. The quantitative estimate of drug-likeness (QED) is 0.863. The maximum Gasteiger partial charge on any atom is 0.276 e. The molecule has 0 radical (unpaired) electrons. The molecule has 126 valence electrons. The number of fused-ring (bicyclic) bond motifs is 1. The van der Waals surface area contributed by atoms with Crippen LogP contribution in [0.5, 0.6) is 5.75 Å². The Hall–Kier alpha value is -2.30. The van der Waals surface area contributed by atoms with Crippen LogP contribution in [0.25, 0.3) is 0 Å². The van der Waals surface area contributed by atoms with Crippen LogP contribution in [-0.4, -0.2) is 28.6 Å². The number of nitrogens with zero attached hydrogens (tertiary/aromatic N) is 2. The van der Waals surface area contributed by atoms with E-state index in [9.17, 15) is 4.79 Å². The van der Waals surface area contributed by atoms with E-state index in [1.807, 2.05) is 17.9 Å². The van der Waals surface area contributed by atoms with Gasteiger partial charge in [-0.25, -0.2) is 0 Å². The number of aromatic nitrogens is 1. The van der Waals surface area contributed by atoms with Crippen LogP contribution in [-0.2, 0) is 13.0 Å². The van der Waals surface area contributed by atoms with Crippen molar-refractivity contribution in [2.24, 2.45) is 0 Å². The maximum absolute atomic E-state index is 13.0. The number of hydrogen-bond acceptors (Lipinski definition) is 4. The van der Waals surface area contributed by atoms with Gasteiger partial charge in [-0.15, -0.1) is 0 Å². The number of aryl methyl sites for hydroxylation is 1. The molecule has 0 saturated heterocycles. The van der Waals surface area contributed by atoms with Gasteiger partial charge in [-0.05, 0) is 37.0 Å². The van der Waals surface area contributed by atoms with Crippen LogP contribution in [0.1, 0.15) is 53.1 Å². The first kappa shape index (κ1) is 15.2. The van der Waals surface area contributed by atoms with E-state index < -0.39 is 0 Å². The van der Waals surface area contributed by atoms with Crippen molar-refractivity contribution >= 4 is 5.91 Å². The lowest BCUT2D eigenvalue weighted by atomic mass is 10.1. The summed E-state index contributed by atoms with van der Waals surface area (Å²) in [6, 6.07) is 8.27. The molecular weight excluding hydrogens is 304 g/mol. The van der Waals surface area contributed by atoms with Crippen LogP contribution >= 0.6 is 0 Å². The molecule has 24 heavy (non-hydrogen) atoms. The molecule has 2 aliphatic rings. The molecule has 0 spiro atoms. The van der Waals surface area contributed by atoms with Crippen molar-refractivity contribution in [1.82, 2.24) is 10.1 Å². The number of carbonyl (C=O) groups is 1. The molecule has 5 heteroatoms. The molecule has 0 N–H and O–H groups in total. The van der Waals surface area contributed by atoms with Crippen molar-refractivity contribution in [2.75, 3.05) is 6.61 Å². The highest BCUT2D eigenvalue weighted by Crippen LogP contribution is 2.29. The average Bonchev–Trinajstić information content (AvgIpc) is 3.32. The van der Waals surface area contributed by atoms with Gasteiger partial charge in [-0.1, -0.05) is 30.1 Å². The molecule has 1 aromatic heterocycles. The molecule has 2 aromatic rings. The second-order valence-electron chi connectivity index (χ2n) is 6.73. The molecule has 5 nitrogen and oxygen atoms in total. The highest BCUT2D eigenvalue weighted by Gasteiger charge is 2.29. The Labute approximate surface area is 141 Å². The number of carbonyl (C=O) groups excluding carboxylic acids is 1. The Balaban J connectivity index is 1.59. The lowest BCUT2D eigenvalue weighted by Crippen LogP contribution is -2.38. The summed E-state index contributed by atoms with van der Waals surface area (Å²) in [5.41, 5.74) is 2.80. The monoisotopic (exact) mass is 326 g/mol. The van der Waals surface area contributed by atoms with E-state index in [1.54, 1.807) is 6.07 Å². The number of hydrogen-bond donors (Lipinski definition) is 0. The van der Waals surface area contributed by atoms with E-state index in [1.165, 1.54) is 18.4 Å². The summed E-state index contributed by atoms with van der Waals surface area (Å²) in [4.78, 5) is 14.9. The molecule has 1 aliphatic heterocycles. The zero-order valence-corrected chi connectivity index (χ0v) is 14.0. The first-order valence-corrected chi connectivity index (χ1v) is 8.69. The highest BCUT2D eigenvalue weighted by atomic mass is 16.5. The minimum Gasteiger partial charge on any atom is -0.493 e. The Morgan fingerprint density at radius 2 is 2.12 bits per heavy atom. The Morgan fingerprint density at radius 1 is 1.29 bits per heavy atom. The summed E-state index contributed by atoms with van der Waals surface area (Å²) in [6.07, 6.45) is 5.45. The third-order valence-electron chi connectivity index (χ3n) is 4.98. The topological polar surface area (TPSA) is 55.6 Å². The largest absolute Gasteiger partial charge is 0.493 e. The Morgan fingerprint density at radius 3 is 2.88 bits per heavy atom. The van der Waals surface area contributed by atoms with Gasteiger partial charge in [-0.3, -0.25) is 4.79 Å². The fourth-order valence-electron chi connectivity index (χ4n) is 3.73. The van der Waals surface area contributed by atoms with Crippen LogP contribution in [0.15, 0.2) is 28.8 Å². The first-order chi connectivity index (χ1) is 11.7. The zero-order chi connectivity index (χ0) is 16.5. The van der Waals surface area contributed by atoms with E-state index in [4.69, 9.17) is 9.26 Å². The van der Waals surface area contributed by atoms with Crippen molar-refractivity contribution in [3.63, 3.8) is 0 Å². The van der Waals surface area contributed by atoms with Gasteiger partial charge in [0.1, 0.15) is 11.5 Å². The van der Waals surface area contributed by atoms with Gasteiger partial charge in [0.15, 0.2) is 5.69 Å². The van der Waals surface area contributed by atoms with Gasteiger partial charge in [-0.2, -0.15) is 0 Å². The fourth-order valence-corrected chi connectivity index (χ4v) is 3.73. The van der Waals surface area contributed by atoms with E-state index in [2.05, 4.69) is 17.3 Å². The fraction of sp³-hybridized carbons (Fsp3) is 0.474. The minimum atomic E-state index is -0.0319. The van der Waals surface area contributed by atoms with Crippen molar-refractivity contribution < 1.29 is 14.1 Å². The van der Waals surface area contributed by atoms with E-state index in [0.29, 0.717) is 24.0 Å². The summed E-state index contributed by atoms with van der Waals surface area (Å²) in [7, 11) is 0. The molecule has 1 amide bonds. The van der Waals surface area contributed by atoms with Crippen LogP contribution < -0.4 is 4.74 Å². The number of benzene rings is 1. The van der Waals surface area contributed by atoms with Gasteiger partial charge in [0.05, 0.1) is 6.61 Å². The lowest BCUT2D eigenvalue weighted by Gasteiger charge is -2.28. The first-order valence-electron chi connectivity index (χ1n) is 8.69. The highest BCUT2D eigenvalue weighted by molar-refractivity contribution is 5.92. The average molecular weight is 326 g/mol. The number of rotatable bonds is 4. The summed E-state index contributed by atoms with van der Waals surface area (Å²) in [6.45, 7) is 3.18. The third-order valence-corrected chi connectivity index (χ3v) is 4.98. The normalized spacial score (nSPS) is 16.9. The summed E-state index contributed by atoms with van der Waals surface area (Å²) in [5.74, 6) is 1.61. The Bertz CT molecular complexity index is 747. The van der Waals surface area contributed by atoms with Crippen LogP contribution in [0.2, 0.25) is 0 Å². The van der Waals surface area contributed by atoms with E-state index in [0.717, 1.165) is 37.2 Å². The Kier molecular flexibility index (Phi) is 4.00. The van der Waals surface area contributed by atoms with E-state index in [-0.39, 0.29) is 5.91 Å². The van der Waals surface area contributed by atoms with Gasteiger partial charge in [0, 0.05) is 25.1 Å². The molecule has 2 heterocycles. The summed E-state index contributed by atoms with van der Waals surface area (Å²) >= 11 is 0. The van der Waals surface area contributed by atoms with Crippen LogP contribution in [0.4, 0.5) is 0 Å². The molecule has 0 unspecified atom stereocenters. The number of amides is 1. The van der Waals surface area contributed by atoms with Gasteiger partial charge in [0.2, 0.25) is 0 Å². The third kappa shape index (κ3) is 2.90. The molecular formula is C19H22N2O3. The molecule has 4 rings (SSSR count). The molecule has 1 aromatic carbocycles. The number of ether oxygens (including phenoxy) is 1. The predicted molar refractivity (Wildman–Crippen MR) is 89.0 cm³/mol. The standard InChI is InChI=1S/C19H22N2O3/c1-13-10-17(20-24-13)19(22)21(16-4-2-3-5-16)12-14-6-7-18-15(11-14)8-9-23-18/h6-7,10-11,16H,2-5,8-9,12H2,1H3. The minimum absolute atomic E-state index is 0.0319. The lowest BCUT2D eigenvalue weighted by molar-refractivity contribution is 0.0653. The van der Waals surface area contributed by atoms with Gasteiger partial charge >= 0.3 is 0 Å².